The smallest absolute Gasteiger partial charge is 0.255 e. The van der Waals surface area contributed by atoms with Gasteiger partial charge in [-0.05, 0) is 29.6 Å². The molecule has 7 heteroatoms. The van der Waals surface area contributed by atoms with E-state index in [2.05, 4.69) is 5.32 Å². The van der Waals surface area contributed by atoms with Gasteiger partial charge >= 0.3 is 0 Å². The molecule has 0 unspecified atom stereocenters. The molecule has 0 fully saturated rings. The Morgan fingerprint density at radius 2 is 1.93 bits per heavy atom. The van der Waals surface area contributed by atoms with Crippen LogP contribution >= 0.6 is 22.9 Å². The van der Waals surface area contributed by atoms with Crippen molar-refractivity contribution < 1.29 is 19.0 Å². The summed E-state index contributed by atoms with van der Waals surface area (Å²) < 4.78 is 17.0. The second-order valence-corrected chi connectivity index (χ2v) is 7.62. The number of halogens is 1. The highest BCUT2D eigenvalue weighted by Crippen LogP contribution is 2.37. The van der Waals surface area contributed by atoms with Gasteiger partial charge in [0.15, 0.2) is 11.5 Å². The first-order valence-electron chi connectivity index (χ1n) is 8.85. The van der Waals surface area contributed by atoms with Crippen LogP contribution in [0.25, 0.3) is 0 Å². The molecule has 144 valence electrons. The minimum Gasteiger partial charge on any atom is -0.490 e. The van der Waals surface area contributed by atoms with E-state index in [1.54, 1.807) is 41.7 Å². The summed E-state index contributed by atoms with van der Waals surface area (Å²) in [7, 11) is 0. The van der Waals surface area contributed by atoms with Crippen molar-refractivity contribution in [2.75, 3.05) is 18.5 Å². The van der Waals surface area contributed by atoms with E-state index in [1.165, 1.54) is 0 Å². The van der Waals surface area contributed by atoms with E-state index in [1.807, 2.05) is 23.6 Å². The fourth-order valence-corrected chi connectivity index (χ4v) is 3.57. The monoisotopic (exact) mass is 415 g/mol. The van der Waals surface area contributed by atoms with Gasteiger partial charge in [-0.25, -0.2) is 0 Å². The Labute approximate surface area is 171 Å². The van der Waals surface area contributed by atoms with E-state index >= 15 is 0 Å². The summed E-state index contributed by atoms with van der Waals surface area (Å²) in [5, 5.41) is 5.23. The van der Waals surface area contributed by atoms with Gasteiger partial charge in [0.2, 0.25) is 0 Å². The molecule has 2 aromatic carbocycles. The van der Waals surface area contributed by atoms with Gasteiger partial charge in [-0.1, -0.05) is 23.7 Å². The van der Waals surface area contributed by atoms with Crippen LogP contribution in [0.4, 0.5) is 5.69 Å². The molecule has 1 aromatic heterocycles. The van der Waals surface area contributed by atoms with Gasteiger partial charge < -0.3 is 19.5 Å². The van der Waals surface area contributed by atoms with Crippen molar-refractivity contribution in [3.05, 3.63) is 69.4 Å². The van der Waals surface area contributed by atoms with Gasteiger partial charge in [-0.2, -0.15) is 0 Å². The third-order valence-corrected chi connectivity index (χ3v) is 5.31. The molecule has 0 radical (unpaired) electrons. The number of hydrogen-bond donors (Lipinski definition) is 1. The summed E-state index contributed by atoms with van der Waals surface area (Å²) in [6, 6.07) is 14.4. The van der Waals surface area contributed by atoms with Crippen LogP contribution in [-0.2, 0) is 6.61 Å². The van der Waals surface area contributed by atoms with Crippen molar-refractivity contribution in [2.45, 2.75) is 13.0 Å². The Morgan fingerprint density at radius 3 is 2.71 bits per heavy atom. The van der Waals surface area contributed by atoms with Crippen LogP contribution in [0.15, 0.2) is 53.9 Å². The molecular formula is C21H18ClNO4S. The van der Waals surface area contributed by atoms with Crippen LogP contribution in [0.5, 0.6) is 17.2 Å². The minimum absolute atomic E-state index is 0.280. The SMILES string of the molecule is O=C(Nc1cc2c(cc1Cl)OCCCO2)c1cccc(OCc2cccs2)c1. The quantitative estimate of drug-likeness (QED) is 0.606. The molecule has 0 saturated carbocycles. The average Bonchev–Trinajstić information content (AvgIpc) is 3.13. The van der Waals surface area contributed by atoms with Gasteiger partial charge in [0.25, 0.3) is 5.91 Å². The van der Waals surface area contributed by atoms with Crippen LogP contribution in [0.3, 0.4) is 0 Å². The Balaban J connectivity index is 1.47. The van der Waals surface area contributed by atoms with Gasteiger partial charge in [0, 0.05) is 29.0 Å². The van der Waals surface area contributed by atoms with E-state index in [0.29, 0.717) is 53.3 Å². The number of thiophene rings is 1. The molecule has 0 saturated heterocycles. The first kappa shape index (κ1) is 18.7. The van der Waals surface area contributed by atoms with Crippen molar-refractivity contribution in [3.8, 4) is 17.2 Å². The molecule has 28 heavy (non-hydrogen) atoms. The molecule has 1 aliphatic rings. The summed E-state index contributed by atoms with van der Waals surface area (Å²) in [4.78, 5) is 13.8. The van der Waals surface area contributed by atoms with Gasteiger partial charge in [-0.15, -0.1) is 11.3 Å². The second-order valence-electron chi connectivity index (χ2n) is 6.18. The van der Waals surface area contributed by atoms with Crippen LogP contribution in [0, 0.1) is 0 Å². The Bertz CT molecular complexity index is 975. The maximum absolute atomic E-state index is 12.7. The topological polar surface area (TPSA) is 56.8 Å². The number of nitrogens with one attached hydrogen (secondary N) is 1. The molecule has 1 aliphatic heterocycles. The lowest BCUT2D eigenvalue weighted by molar-refractivity contribution is 0.102. The normalized spacial score (nSPS) is 12.9. The minimum atomic E-state index is -0.280. The first-order chi connectivity index (χ1) is 13.7. The fourth-order valence-electron chi connectivity index (χ4n) is 2.75. The third-order valence-electron chi connectivity index (χ3n) is 4.14. The largest absolute Gasteiger partial charge is 0.490 e. The Hall–Kier alpha value is -2.70. The van der Waals surface area contributed by atoms with Crippen LogP contribution in [-0.4, -0.2) is 19.1 Å². The van der Waals surface area contributed by atoms with E-state index in [4.69, 9.17) is 25.8 Å². The zero-order valence-corrected chi connectivity index (χ0v) is 16.5. The zero-order valence-electron chi connectivity index (χ0n) is 14.9. The Morgan fingerprint density at radius 1 is 1.11 bits per heavy atom. The Kier molecular flexibility index (Phi) is 5.69. The maximum atomic E-state index is 12.7. The second kappa shape index (κ2) is 8.54. The lowest BCUT2D eigenvalue weighted by Gasteiger charge is -2.13. The molecule has 0 bridgehead atoms. The molecule has 0 spiro atoms. The van der Waals surface area contributed by atoms with Gasteiger partial charge in [0.05, 0.1) is 23.9 Å². The summed E-state index contributed by atoms with van der Waals surface area (Å²) in [6.07, 6.45) is 0.798. The van der Waals surface area contributed by atoms with Crippen molar-refractivity contribution in [1.82, 2.24) is 0 Å². The highest BCUT2D eigenvalue weighted by molar-refractivity contribution is 7.09. The molecule has 0 atom stereocenters. The van der Waals surface area contributed by atoms with Crippen LogP contribution in [0.1, 0.15) is 21.7 Å². The van der Waals surface area contributed by atoms with Crippen molar-refractivity contribution in [2.24, 2.45) is 0 Å². The molecule has 1 N–H and O–H groups in total. The number of anilines is 1. The van der Waals surface area contributed by atoms with Crippen molar-refractivity contribution >= 4 is 34.5 Å². The number of carbonyl (C=O) groups is 1. The van der Waals surface area contributed by atoms with Crippen LogP contribution in [0.2, 0.25) is 5.02 Å². The molecule has 4 rings (SSSR count). The lowest BCUT2D eigenvalue weighted by Crippen LogP contribution is -2.12. The molecule has 2 heterocycles. The molecule has 3 aromatic rings. The van der Waals surface area contributed by atoms with Gasteiger partial charge in [0.1, 0.15) is 12.4 Å². The number of hydrogen-bond acceptors (Lipinski definition) is 5. The summed E-state index contributed by atoms with van der Waals surface area (Å²) in [6.45, 7) is 1.61. The highest BCUT2D eigenvalue weighted by Gasteiger charge is 2.16. The molecule has 5 nitrogen and oxygen atoms in total. The van der Waals surface area contributed by atoms with Gasteiger partial charge in [-0.3, -0.25) is 4.79 Å². The third kappa shape index (κ3) is 4.40. The average molecular weight is 416 g/mol. The predicted molar refractivity (Wildman–Crippen MR) is 110 cm³/mol. The number of benzene rings is 2. The highest BCUT2D eigenvalue weighted by atomic mass is 35.5. The lowest BCUT2D eigenvalue weighted by atomic mass is 10.2. The summed E-state index contributed by atoms with van der Waals surface area (Å²) in [5.41, 5.74) is 0.952. The number of amides is 1. The van der Waals surface area contributed by atoms with Crippen molar-refractivity contribution in [1.29, 1.82) is 0 Å². The first-order valence-corrected chi connectivity index (χ1v) is 10.1. The zero-order chi connectivity index (χ0) is 19.3. The molecule has 1 amide bonds. The molecule has 0 aliphatic carbocycles. The fraction of sp³-hybridized carbons (Fsp3) is 0.190. The van der Waals surface area contributed by atoms with E-state index in [-0.39, 0.29) is 5.91 Å². The number of ether oxygens (including phenoxy) is 3. The standard InChI is InChI=1S/C21H18ClNO4S/c22-17-11-19-20(26-8-3-7-25-19)12-18(17)23-21(24)14-4-1-5-15(10-14)27-13-16-6-2-9-28-16/h1-2,4-6,9-12H,3,7-8,13H2,(H,23,24). The van der Waals surface area contributed by atoms with Crippen molar-refractivity contribution in [3.63, 3.8) is 0 Å². The summed E-state index contributed by atoms with van der Waals surface area (Å²) in [5.74, 6) is 1.51. The van der Waals surface area contributed by atoms with E-state index in [0.717, 1.165) is 11.3 Å². The number of rotatable bonds is 5. The number of carbonyl (C=O) groups excluding carboxylic acids is 1. The number of fused-ring (bicyclic) bond motifs is 1. The van der Waals surface area contributed by atoms with E-state index in [9.17, 15) is 4.79 Å². The predicted octanol–water partition coefficient (Wildman–Crippen LogP) is 5.39. The van der Waals surface area contributed by atoms with Crippen LogP contribution < -0.4 is 19.5 Å². The maximum Gasteiger partial charge on any atom is 0.255 e. The summed E-state index contributed by atoms with van der Waals surface area (Å²) >= 11 is 7.94. The molecular weight excluding hydrogens is 398 g/mol. The van der Waals surface area contributed by atoms with E-state index < -0.39 is 0 Å².